The summed E-state index contributed by atoms with van der Waals surface area (Å²) in [5, 5.41) is 3.29. The third kappa shape index (κ3) is 3.26. The first-order valence-corrected chi connectivity index (χ1v) is 9.51. The van der Waals surface area contributed by atoms with E-state index in [2.05, 4.69) is 34.5 Å². The topological polar surface area (TPSA) is 32.3 Å². The van der Waals surface area contributed by atoms with E-state index in [1.807, 2.05) is 6.92 Å². The van der Waals surface area contributed by atoms with Gasteiger partial charge in [-0.1, -0.05) is 36.4 Å². The maximum absolute atomic E-state index is 13.1. The molecule has 1 aliphatic carbocycles. The molecule has 1 heterocycles. The Balaban J connectivity index is 1.52. The van der Waals surface area contributed by atoms with Gasteiger partial charge in [0.05, 0.1) is 18.0 Å². The smallest absolute Gasteiger partial charge is 0.227 e. The second kappa shape index (κ2) is 7.20. The molecule has 4 rings (SSSR count). The van der Waals surface area contributed by atoms with Gasteiger partial charge in [-0.25, -0.2) is 4.39 Å². The fraction of sp³-hybridized carbons (Fsp3) is 0.409. The van der Waals surface area contributed by atoms with Crippen molar-refractivity contribution in [3.05, 3.63) is 71.0 Å². The summed E-state index contributed by atoms with van der Waals surface area (Å²) in [6.07, 6.45) is 3.33. The third-order valence-corrected chi connectivity index (χ3v) is 5.82. The molecule has 1 fully saturated rings. The second-order valence-corrected chi connectivity index (χ2v) is 7.48. The largest absolute Gasteiger partial charge is 0.351 e. The number of hydrogen-bond donors (Lipinski definition) is 1. The summed E-state index contributed by atoms with van der Waals surface area (Å²) in [6, 6.07) is 15.1. The molecular formula is C22H25FN2O. The second-order valence-electron chi connectivity index (χ2n) is 7.48. The number of nitrogens with one attached hydrogen (secondary N) is 1. The average molecular weight is 352 g/mol. The Hall–Kier alpha value is -2.20. The molecule has 2 aromatic carbocycles. The number of halogens is 1. The van der Waals surface area contributed by atoms with Crippen molar-refractivity contribution in [3.8, 4) is 0 Å². The normalized spacial score (nSPS) is 23.6. The minimum absolute atomic E-state index is 0.0126. The summed E-state index contributed by atoms with van der Waals surface area (Å²) in [6.45, 7) is 4.08. The van der Waals surface area contributed by atoms with Gasteiger partial charge >= 0.3 is 0 Å². The van der Waals surface area contributed by atoms with Crippen molar-refractivity contribution in [1.29, 1.82) is 0 Å². The Bertz CT molecular complexity index is 783. The molecule has 0 spiro atoms. The minimum Gasteiger partial charge on any atom is -0.351 e. The molecule has 3 atom stereocenters. The number of rotatable bonds is 4. The summed E-state index contributed by atoms with van der Waals surface area (Å²) >= 11 is 0. The molecule has 0 unspecified atom stereocenters. The van der Waals surface area contributed by atoms with E-state index in [9.17, 15) is 9.18 Å². The van der Waals surface area contributed by atoms with Crippen LogP contribution in [0.5, 0.6) is 0 Å². The fourth-order valence-corrected chi connectivity index (χ4v) is 4.39. The Morgan fingerprint density at radius 1 is 1.12 bits per heavy atom. The van der Waals surface area contributed by atoms with E-state index in [0.29, 0.717) is 0 Å². The number of likely N-dealkylation sites (tertiary alicyclic amines) is 1. The lowest BCUT2D eigenvalue weighted by Crippen LogP contribution is -2.45. The Labute approximate surface area is 154 Å². The van der Waals surface area contributed by atoms with Crippen molar-refractivity contribution in [3.63, 3.8) is 0 Å². The highest BCUT2D eigenvalue weighted by molar-refractivity contribution is 5.83. The summed E-state index contributed by atoms with van der Waals surface area (Å²) in [5.74, 6) is -0.557. The van der Waals surface area contributed by atoms with E-state index in [4.69, 9.17) is 0 Å². The molecule has 136 valence electrons. The van der Waals surface area contributed by atoms with Gasteiger partial charge in [-0.15, -0.1) is 0 Å². The minimum atomic E-state index is -0.293. The molecule has 1 N–H and O–H groups in total. The molecule has 0 saturated carbocycles. The zero-order valence-electron chi connectivity index (χ0n) is 15.1. The van der Waals surface area contributed by atoms with Crippen LogP contribution in [0.1, 0.15) is 48.4 Å². The molecule has 0 radical (unpaired) electrons. The highest BCUT2D eigenvalue weighted by Gasteiger charge is 2.38. The monoisotopic (exact) mass is 352 g/mol. The molecule has 1 aliphatic heterocycles. The average Bonchev–Trinajstić information content (AvgIpc) is 3.28. The quantitative estimate of drug-likeness (QED) is 0.908. The lowest BCUT2D eigenvalue weighted by Gasteiger charge is -2.31. The number of carbonyl (C=O) groups excluding carboxylic acids is 1. The van der Waals surface area contributed by atoms with Crippen LogP contribution in [0.3, 0.4) is 0 Å². The summed E-state index contributed by atoms with van der Waals surface area (Å²) in [4.78, 5) is 15.4. The van der Waals surface area contributed by atoms with Crippen LogP contribution in [0.2, 0.25) is 0 Å². The van der Waals surface area contributed by atoms with Gasteiger partial charge in [0.15, 0.2) is 0 Å². The van der Waals surface area contributed by atoms with Crippen LogP contribution in [0.4, 0.5) is 4.39 Å². The standard InChI is InChI=1S/C22H25FN2O/c1-15(16-8-10-18(23)11-9-16)22(26)24-20-14-17-6-2-3-7-19(17)21(20)25-12-4-5-13-25/h2-3,6-11,15,20-21H,4-5,12-14H2,1H3,(H,24,26)/t15-,20-,21-/m0/s1. The first-order chi connectivity index (χ1) is 12.6. The Morgan fingerprint density at radius 2 is 1.81 bits per heavy atom. The lowest BCUT2D eigenvalue weighted by atomic mass is 9.99. The van der Waals surface area contributed by atoms with Gasteiger partial charge in [-0.05, 0) is 68.1 Å². The van der Waals surface area contributed by atoms with Crippen molar-refractivity contribution in [2.24, 2.45) is 0 Å². The highest BCUT2D eigenvalue weighted by atomic mass is 19.1. The van der Waals surface area contributed by atoms with Crippen molar-refractivity contribution in [2.75, 3.05) is 13.1 Å². The zero-order valence-corrected chi connectivity index (χ0v) is 15.1. The maximum atomic E-state index is 13.1. The predicted molar refractivity (Wildman–Crippen MR) is 100 cm³/mol. The van der Waals surface area contributed by atoms with Gasteiger partial charge in [0.2, 0.25) is 5.91 Å². The van der Waals surface area contributed by atoms with Crippen LogP contribution >= 0.6 is 0 Å². The molecule has 26 heavy (non-hydrogen) atoms. The zero-order chi connectivity index (χ0) is 18.1. The van der Waals surface area contributed by atoms with Crippen LogP contribution in [-0.2, 0) is 11.2 Å². The molecule has 0 bridgehead atoms. The molecule has 2 aliphatic rings. The van der Waals surface area contributed by atoms with Gasteiger partial charge in [-0.3, -0.25) is 9.69 Å². The maximum Gasteiger partial charge on any atom is 0.227 e. The van der Waals surface area contributed by atoms with Crippen molar-refractivity contribution in [2.45, 2.75) is 44.2 Å². The molecule has 0 aromatic heterocycles. The van der Waals surface area contributed by atoms with Crippen LogP contribution < -0.4 is 5.32 Å². The van der Waals surface area contributed by atoms with E-state index in [1.165, 1.54) is 36.1 Å². The fourth-order valence-electron chi connectivity index (χ4n) is 4.39. The van der Waals surface area contributed by atoms with Gasteiger partial charge in [0.25, 0.3) is 0 Å². The number of benzene rings is 2. The van der Waals surface area contributed by atoms with Gasteiger partial charge in [0, 0.05) is 0 Å². The Kier molecular flexibility index (Phi) is 4.77. The van der Waals surface area contributed by atoms with Crippen molar-refractivity contribution in [1.82, 2.24) is 10.2 Å². The van der Waals surface area contributed by atoms with Gasteiger partial charge < -0.3 is 5.32 Å². The molecule has 2 aromatic rings. The molecule has 1 amide bonds. The van der Waals surface area contributed by atoms with Gasteiger partial charge in [-0.2, -0.15) is 0 Å². The summed E-state index contributed by atoms with van der Waals surface area (Å²) in [5.41, 5.74) is 3.54. The summed E-state index contributed by atoms with van der Waals surface area (Å²) in [7, 11) is 0. The lowest BCUT2D eigenvalue weighted by molar-refractivity contribution is -0.123. The first kappa shape index (κ1) is 17.2. The SMILES string of the molecule is C[C@H](C(=O)N[C@H]1Cc2ccccc2[C@@H]1N1CCCC1)c1ccc(F)cc1. The molecule has 4 heteroatoms. The van der Waals surface area contributed by atoms with Gasteiger partial charge in [0.1, 0.15) is 5.82 Å². The van der Waals surface area contributed by atoms with E-state index >= 15 is 0 Å². The van der Waals surface area contributed by atoms with Crippen LogP contribution in [0.15, 0.2) is 48.5 Å². The highest BCUT2D eigenvalue weighted by Crippen LogP contribution is 2.38. The van der Waals surface area contributed by atoms with Crippen LogP contribution in [0, 0.1) is 5.82 Å². The predicted octanol–water partition coefficient (Wildman–Crippen LogP) is 3.81. The number of hydrogen-bond acceptors (Lipinski definition) is 2. The number of fused-ring (bicyclic) bond motifs is 1. The van der Waals surface area contributed by atoms with Crippen LogP contribution in [0.25, 0.3) is 0 Å². The summed E-state index contributed by atoms with van der Waals surface area (Å²) < 4.78 is 13.1. The number of nitrogens with zero attached hydrogens (tertiary/aromatic N) is 1. The molecular weight excluding hydrogens is 327 g/mol. The van der Waals surface area contributed by atoms with Crippen molar-refractivity contribution >= 4 is 5.91 Å². The Morgan fingerprint density at radius 3 is 2.54 bits per heavy atom. The van der Waals surface area contributed by atoms with E-state index in [-0.39, 0.29) is 29.7 Å². The van der Waals surface area contributed by atoms with E-state index in [1.54, 1.807) is 12.1 Å². The van der Waals surface area contributed by atoms with E-state index in [0.717, 1.165) is 25.1 Å². The molecule has 1 saturated heterocycles. The molecule has 3 nitrogen and oxygen atoms in total. The number of carbonyl (C=O) groups is 1. The first-order valence-electron chi connectivity index (χ1n) is 9.51. The third-order valence-electron chi connectivity index (χ3n) is 5.82. The number of amides is 1. The van der Waals surface area contributed by atoms with Crippen molar-refractivity contribution < 1.29 is 9.18 Å². The van der Waals surface area contributed by atoms with Crippen LogP contribution in [-0.4, -0.2) is 29.9 Å². The van der Waals surface area contributed by atoms with E-state index < -0.39 is 0 Å².